The van der Waals surface area contributed by atoms with Crippen LogP contribution in [0.5, 0.6) is 0 Å². The van der Waals surface area contributed by atoms with E-state index in [2.05, 4.69) is 10.1 Å². The van der Waals surface area contributed by atoms with Gasteiger partial charge in [-0.1, -0.05) is 0 Å². The summed E-state index contributed by atoms with van der Waals surface area (Å²) >= 11 is 0. The van der Waals surface area contributed by atoms with Crippen LogP contribution in [0.1, 0.15) is 31.6 Å². The Morgan fingerprint density at radius 1 is 1.57 bits per heavy atom. The molecule has 14 heavy (non-hydrogen) atoms. The Morgan fingerprint density at radius 2 is 2.29 bits per heavy atom. The Balaban J connectivity index is 2.03. The Labute approximate surface area is 82.7 Å². The second kappa shape index (κ2) is 3.57. The summed E-state index contributed by atoms with van der Waals surface area (Å²) in [6, 6.07) is 0. The van der Waals surface area contributed by atoms with Crippen molar-refractivity contribution in [2.75, 3.05) is 18.5 Å². The predicted octanol–water partition coefficient (Wildman–Crippen LogP) is 0.764. The average Bonchev–Trinajstić information content (AvgIpc) is 2.60. The third-order valence-electron chi connectivity index (χ3n) is 2.71. The Bertz CT molecular complexity index is 307. The van der Waals surface area contributed by atoms with E-state index in [1.165, 1.54) is 0 Å². The third kappa shape index (κ3) is 1.59. The van der Waals surface area contributed by atoms with Gasteiger partial charge in [-0.05, 0) is 24.9 Å². The first-order valence-corrected chi connectivity index (χ1v) is 4.93. The van der Waals surface area contributed by atoms with Crippen molar-refractivity contribution >= 4 is 5.95 Å². The SMILES string of the molecule is CCN(C)c1noc(C2CC(O)C2)n1. The molecule has 0 saturated heterocycles. The summed E-state index contributed by atoms with van der Waals surface area (Å²) in [5.41, 5.74) is 0. The number of hydrogen-bond acceptors (Lipinski definition) is 5. The summed E-state index contributed by atoms with van der Waals surface area (Å²) in [4.78, 5) is 6.19. The van der Waals surface area contributed by atoms with Gasteiger partial charge in [0.15, 0.2) is 0 Å². The van der Waals surface area contributed by atoms with Crippen molar-refractivity contribution < 1.29 is 9.63 Å². The van der Waals surface area contributed by atoms with E-state index >= 15 is 0 Å². The molecule has 0 radical (unpaired) electrons. The smallest absolute Gasteiger partial charge is 0.265 e. The molecule has 0 atom stereocenters. The molecule has 2 rings (SSSR count). The van der Waals surface area contributed by atoms with Crippen LogP contribution in [-0.2, 0) is 0 Å². The van der Waals surface area contributed by atoms with Crippen molar-refractivity contribution in [3.8, 4) is 0 Å². The lowest BCUT2D eigenvalue weighted by Crippen LogP contribution is -2.26. The molecular weight excluding hydrogens is 182 g/mol. The van der Waals surface area contributed by atoms with Gasteiger partial charge in [-0.3, -0.25) is 0 Å². The summed E-state index contributed by atoms with van der Waals surface area (Å²) in [5, 5.41) is 13.0. The molecule has 1 aliphatic rings. The number of aliphatic hydroxyl groups is 1. The second-order valence-electron chi connectivity index (χ2n) is 3.77. The highest BCUT2D eigenvalue weighted by Crippen LogP contribution is 2.36. The van der Waals surface area contributed by atoms with Gasteiger partial charge < -0.3 is 14.5 Å². The van der Waals surface area contributed by atoms with Gasteiger partial charge in [-0.2, -0.15) is 4.98 Å². The molecule has 78 valence electrons. The minimum atomic E-state index is -0.181. The van der Waals surface area contributed by atoms with E-state index in [-0.39, 0.29) is 12.0 Å². The molecule has 0 amide bonds. The van der Waals surface area contributed by atoms with E-state index in [1.54, 1.807) is 0 Å². The highest BCUT2D eigenvalue weighted by Gasteiger charge is 2.33. The molecule has 1 saturated carbocycles. The van der Waals surface area contributed by atoms with E-state index in [0.29, 0.717) is 11.8 Å². The molecule has 5 nitrogen and oxygen atoms in total. The van der Waals surface area contributed by atoms with Crippen molar-refractivity contribution in [2.45, 2.75) is 31.8 Å². The maximum atomic E-state index is 9.14. The molecule has 1 aromatic rings. The summed E-state index contributed by atoms with van der Waals surface area (Å²) in [6.07, 6.45) is 1.31. The van der Waals surface area contributed by atoms with Gasteiger partial charge in [0.25, 0.3) is 5.95 Å². The zero-order valence-corrected chi connectivity index (χ0v) is 8.47. The average molecular weight is 197 g/mol. The summed E-state index contributed by atoms with van der Waals surface area (Å²) in [7, 11) is 1.92. The molecular formula is C9H15N3O2. The van der Waals surface area contributed by atoms with Crippen molar-refractivity contribution in [1.82, 2.24) is 10.1 Å². The highest BCUT2D eigenvalue weighted by atomic mass is 16.5. The van der Waals surface area contributed by atoms with Gasteiger partial charge in [-0.15, -0.1) is 0 Å². The first-order valence-electron chi connectivity index (χ1n) is 4.93. The Morgan fingerprint density at radius 3 is 2.86 bits per heavy atom. The molecule has 0 spiro atoms. The maximum absolute atomic E-state index is 9.14. The Hall–Kier alpha value is -1.10. The zero-order chi connectivity index (χ0) is 10.1. The molecule has 0 aliphatic heterocycles. The lowest BCUT2D eigenvalue weighted by Gasteiger charge is -2.27. The van der Waals surface area contributed by atoms with E-state index in [9.17, 15) is 0 Å². The number of anilines is 1. The Kier molecular flexibility index (Phi) is 2.41. The first kappa shape index (κ1) is 9.45. The van der Waals surface area contributed by atoms with Crippen LogP contribution in [0.15, 0.2) is 4.52 Å². The third-order valence-corrected chi connectivity index (χ3v) is 2.71. The van der Waals surface area contributed by atoms with Crippen molar-refractivity contribution in [2.24, 2.45) is 0 Å². The van der Waals surface area contributed by atoms with Crippen LogP contribution in [0.4, 0.5) is 5.95 Å². The normalized spacial score (nSPS) is 25.9. The molecule has 0 aromatic carbocycles. The minimum Gasteiger partial charge on any atom is -0.393 e. The fraction of sp³-hybridized carbons (Fsp3) is 0.778. The quantitative estimate of drug-likeness (QED) is 0.775. The van der Waals surface area contributed by atoms with Gasteiger partial charge in [0.2, 0.25) is 5.89 Å². The molecule has 0 bridgehead atoms. The summed E-state index contributed by atoms with van der Waals surface area (Å²) < 4.78 is 5.13. The summed E-state index contributed by atoms with van der Waals surface area (Å²) in [6.45, 7) is 2.88. The van der Waals surface area contributed by atoms with E-state index in [1.807, 2.05) is 18.9 Å². The monoisotopic (exact) mass is 197 g/mol. The van der Waals surface area contributed by atoms with E-state index in [4.69, 9.17) is 9.63 Å². The van der Waals surface area contributed by atoms with Gasteiger partial charge >= 0.3 is 0 Å². The number of aromatic nitrogens is 2. The molecule has 1 fully saturated rings. The number of rotatable bonds is 3. The highest BCUT2D eigenvalue weighted by molar-refractivity contribution is 5.26. The minimum absolute atomic E-state index is 0.181. The van der Waals surface area contributed by atoms with Gasteiger partial charge in [-0.25, -0.2) is 0 Å². The van der Waals surface area contributed by atoms with E-state index < -0.39 is 0 Å². The van der Waals surface area contributed by atoms with Gasteiger partial charge in [0.05, 0.1) is 6.10 Å². The zero-order valence-electron chi connectivity index (χ0n) is 8.47. The molecule has 1 aromatic heterocycles. The number of hydrogen-bond donors (Lipinski definition) is 1. The fourth-order valence-electron chi connectivity index (χ4n) is 1.48. The number of aliphatic hydroxyl groups excluding tert-OH is 1. The van der Waals surface area contributed by atoms with Crippen molar-refractivity contribution in [3.05, 3.63) is 5.89 Å². The topological polar surface area (TPSA) is 62.4 Å². The standard InChI is InChI=1S/C9H15N3O2/c1-3-12(2)9-10-8(14-11-9)6-4-7(13)5-6/h6-7,13H,3-5H2,1-2H3. The molecule has 0 unspecified atom stereocenters. The van der Waals surface area contributed by atoms with Crippen LogP contribution in [0.25, 0.3) is 0 Å². The second-order valence-corrected chi connectivity index (χ2v) is 3.77. The lowest BCUT2D eigenvalue weighted by molar-refractivity contribution is 0.0625. The molecule has 1 N–H and O–H groups in total. The van der Waals surface area contributed by atoms with Crippen LogP contribution < -0.4 is 4.90 Å². The molecule has 1 aliphatic carbocycles. The largest absolute Gasteiger partial charge is 0.393 e. The van der Waals surface area contributed by atoms with E-state index in [0.717, 1.165) is 19.4 Å². The van der Waals surface area contributed by atoms with Crippen LogP contribution in [-0.4, -0.2) is 34.9 Å². The van der Waals surface area contributed by atoms with Crippen LogP contribution in [0.3, 0.4) is 0 Å². The first-order chi connectivity index (χ1) is 6.70. The fourth-order valence-corrected chi connectivity index (χ4v) is 1.48. The van der Waals surface area contributed by atoms with Crippen LogP contribution in [0.2, 0.25) is 0 Å². The number of nitrogens with zero attached hydrogens (tertiary/aromatic N) is 3. The van der Waals surface area contributed by atoms with Crippen molar-refractivity contribution in [3.63, 3.8) is 0 Å². The predicted molar refractivity (Wildman–Crippen MR) is 51.2 cm³/mol. The maximum Gasteiger partial charge on any atom is 0.265 e. The van der Waals surface area contributed by atoms with Gasteiger partial charge in [0.1, 0.15) is 0 Å². The van der Waals surface area contributed by atoms with Gasteiger partial charge in [0, 0.05) is 19.5 Å². The van der Waals surface area contributed by atoms with Crippen LogP contribution in [0, 0.1) is 0 Å². The van der Waals surface area contributed by atoms with Crippen molar-refractivity contribution in [1.29, 1.82) is 0 Å². The van der Waals surface area contributed by atoms with Crippen LogP contribution >= 0.6 is 0 Å². The lowest BCUT2D eigenvalue weighted by atomic mass is 9.82. The molecule has 5 heteroatoms. The summed E-state index contributed by atoms with van der Waals surface area (Å²) in [5.74, 6) is 1.55. The molecule has 1 heterocycles.